The highest BCUT2D eigenvalue weighted by atomic mass is 16.6. The molecule has 0 atom stereocenters. The minimum atomic E-state index is 0.0736. The lowest BCUT2D eigenvalue weighted by atomic mass is 10.1. The number of amides is 1. The maximum atomic E-state index is 11.4. The van der Waals surface area contributed by atoms with Crippen molar-refractivity contribution in [2.45, 2.75) is 47.5 Å². The van der Waals surface area contributed by atoms with Gasteiger partial charge in [-0.15, -0.1) is 0 Å². The van der Waals surface area contributed by atoms with Gasteiger partial charge in [-0.3, -0.25) is 4.79 Å². The van der Waals surface area contributed by atoms with Crippen molar-refractivity contribution in [1.82, 2.24) is 5.32 Å². The number of nitrogens with one attached hydrogen (secondary N) is 1. The lowest BCUT2D eigenvalue weighted by Crippen LogP contribution is -2.28. The van der Waals surface area contributed by atoms with Crippen LogP contribution in [0.1, 0.15) is 47.5 Å². The Bertz CT molecular complexity index is 290. The molecular formula is C20H43NO6. The molecule has 7 heteroatoms. The van der Waals surface area contributed by atoms with E-state index in [4.69, 9.17) is 23.7 Å². The highest BCUT2D eigenvalue weighted by Gasteiger charge is 2.03. The van der Waals surface area contributed by atoms with Crippen LogP contribution in [0.3, 0.4) is 0 Å². The monoisotopic (exact) mass is 393 g/mol. The molecule has 0 aliphatic carbocycles. The molecule has 0 bridgehead atoms. The van der Waals surface area contributed by atoms with Gasteiger partial charge in [-0.25, -0.2) is 0 Å². The summed E-state index contributed by atoms with van der Waals surface area (Å²) in [5.74, 6) is 0.451. The summed E-state index contributed by atoms with van der Waals surface area (Å²) in [6.07, 6.45) is 1.59. The summed E-state index contributed by atoms with van der Waals surface area (Å²) in [6.45, 7) is 16.4. The van der Waals surface area contributed by atoms with Gasteiger partial charge < -0.3 is 29.0 Å². The predicted molar refractivity (Wildman–Crippen MR) is 108 cm³/mol. The first kappa shape index (κ1) is 28.5. The van der Waals surface area contributed by atoms with E-state index in [0.29, 0.717) is 78.3 Å². The molecule has 27 heavy (non-hydrogen) atoms. The molecule has 0 aromatic carbocycles. The van der Waals surface area contributed by atoms with Crippen LogP contribution in [0.2, 0.25) is 0 Å². The highest BCUT2D eigenvalue weighted by Crippen LogP contribution is 1.97. The second kappa shape index (κ2) is 25.3. The Kier molecular flexibility index (Phi) is 26.7. The first-order valence-electron chi connectivity index (χ1n) is 10.3. The molecule has 0 fully saturated rings. The van der Waals surface area contributed by atoms with Gasteiger partial charge in [0.25, 0.3) is 0 Å². The van der Waals surface area contributed by atoms with Crippen LogP contribution >= 0.6 is 0 Å². The summed E-state index contributed by atoms with van der Waals surface area (Å²) in [4.78, 5) is 11.4. The number of hydrogen-bond donors (Lipinski definition) is 1. The zero-order valence-corrected chi connectivity index (χ0v) is 18.2. The average Bonchev–Trinajstić information content (AvgIpc) is 2.65. The molecule has 164 valence electrons. The minimum absolute atomic E-state index is 0.0736. The highest BCUT2D eigenvalue weighted by molar-refractivity contribution is 5.75. The molecule has 0 aliphatic heterocycles. The van der Waals surface area contributed by atoms with E-state index >= 15 is 0 Å². The van der Waals surface area contributed by atoms with Crippen LogP contribution in [0, 0.1) is 5.92 Å². The lowest BCUT2D eigenvalue weighted by Gasteiger charge is -2.09. The molecule has 0 spiro atoms. The predicted octanol–water partition coefficient (Wildman–Crippen LogP) is 2.67. The largest absolute Gasteiger partial charge is 0.379 e. The average molecular weight is 394 g/mol. The number of carbonyl (C=O) groups is 1. The van der Waals surface area contributed by atoms with Crippen molar-refractivity contribution < 1.29 is 28.5 Å². The molecule has 0 saturated carbocycles. The zero-order valence-electron chi connectivity index (χ0n) is 18.2. The first-order valence-corrected chi connectivity index (χ1v) is 10.3. The summed E-state index contributed by atoms with van der Waals surface area (Å²) in [6, 6.07) is 0. The zero-order chi connectivity index (χ0) is 20.6. The van der Waals surface area contributed by atoms with Gasteiger partial charge in [-0.1, -0.05) is 34.6 Å². The van der Waals surface area contributed by atoms with Crippen LogP contribution in [-0.2, 0) is 28.5 Å². The van der Waals surface area contributed by atoms with Gasteiger partial charge in [0.2, 0.25) is 5.91 Å². The minimum Gasteiger partial charge on any atom is -0.379 e. The van der Waals surface area contributed by atoms with Crippen LogP contribution < -0.4 is 5.32 Å². The maximum absolute atomic E-state index is 11.4. The van der Waals surface area contributed by atoms with E-state index < -0.39 is 0 Å². The van der Waals surface area contributed by atoms with E-state index in [0.717, 1.165) is 13.0 Å². The van der Waals surface area contributed by atoms with E-state index in [2.05, 4.69) is 12.2 Å². The van der Waals surface area contributed by atoms with Crippen molar-refractivity contribution in [1.29, 1.82) is 0 Å². The summed E-state index contributed by atoms with van der Waals surface area (Å²) >= 11 is 0. The molecular weight excluding hydrogens is 350 g/mol. The first-order chi connectivity index (χ1) is 13.2. The molecule has 0 aromatic rings. The van der Waals surface area contributed by atoms with Crippen molar-refractivity contribution in [2.75, 3.05) is 72.6 Å². The fraction of sp³-hybridized carbons (Fsp3) is 0.950. The van der Waals surface area contributed by atoms with Gasteiger partial charge in [0.1, 0.15) is 0 Å². The Morgan fingerprint density at radius 2 is 1.07 bits per heavy atom. The van der Waals surface area contributed by atoms with Crippen molar-refractivity contribution in [2.24, 2.45) is 5.92 Å². The molecule has 1 amide bonds. The molecule has 0 radical (unpaired) electrons. The van der Waals surface area contributed by atoms with Gasteiger partial charge >= 0.3 is 0 Å². The van der Waals surface area contributed by atoms with Crippen molar-refractivity contribution >= 4 is 5.91 Å². The topological polar surface area (TPSA) is 75.2 Å². The van der Waals surface area contributed by atoms with Gasteiger partial charge in [-0.2, -0.15) is 0 Å². The molecule has 0 heterocycles. The van der Waals surface area contributed by atoms with Crippen molar-refractivity contribution in [3.8, 4) is 0 Å². The second-order valence-electron chi connectivity index (χ2n) is 6.01. The summed E-state index contributed by atoms with van der Waals surface area (Å²) < 4.78 is 26.8. The van der Waals surface area contributed by atoms with Crippen LogP contribution in [0.4, 0.5) is 0 Å². The van der Waals surface area contributed by atoms with E-state index in [9.17, 15) is 4.79 Å². The van der Waals surface area contributed by atoms with Crippen LogP contribution in [0.5, 0.6) is 0 Å². The maximum Gasteiger partial charge on any atom is 0.220 e. The Morgan fingerprint density at radius 3 is 1.44 bits per heavy atom. The van der Waals surface area contributed by atoms with E-state index in [1.807, 2.05) is 27.7 Å². The summed E-state index contributed by atoms with van der Waals surface area (Å²) in [5, 5.41) is 2.82. The van der Waals surface area contributed by atoms with E-state index in [1.165, 1.54) is 0 Å². The van der Waals surface area contributed by atoms with Crippen LogP contribution in [-0.4, -0.2) is 78.5 Å². The van der Waals surface area contributed by atoms with E-state index in [1.54, 1.807) is 0 Å². The Hall–Kier alpha value is -0.730. The lowest BCUT2D eigenvalue weighted by molar-refractivity contribution is -0.122. The molecule has 0 rings (SSSR count). The molecule has 0 saturated heterocycles. The second-order valence-corrected chi connectivity index (χ2v) is 6.01. The standard InChI is InChI=1S/C18H37NO6.C2H6/c1-4-6-21-8-10-23-12-14-25-15-13-24-11-9-22-7-5-19-18(20)16-17(2)3;1-2/h17H,4-16H2,1-3H3,(H,19,20);1-2H3. The van der Waals surface area contributed by atoms with Gasteiger partial charge in [0, 0.05) is 19.6 Å². The third-order valence-electron chi connectivity index (χ3n) is 3.00. The van der Waals surface area contributed by atoms with Crippen molar-refractivity contribution in [3.63, 3.8) is 0 Å². The SMILES string of the molecule is CC.CCCOCCOCCOCCOCCOCCNC(=O)CC(C)C. The molecule has 0 unspecified atom stereocenters. The number of carbonyl (C=O) groups excluding carboxylic acids is 1. The fourth-order valence-electron chi connectivity index (χ4n) is 1.83. The van der Waals surface area contributed by atoms with Gasteiger partial charge in [0.15, 0.2) is 0 Å². The van der Waals surface area contributed by atoms with E-state index in [-0.39, 0.29) is 5.91 Å². The van der Waals surface area contributed by atoms with Crippen LogP contribution in [0.15, 0.2) is 0 Å². The number of rotatable bonds is 19. The normalized spacial score (nSPS) is 10.6. The number of hydrogen-bond acceptors (Lipinski definition) is 6. The summed E-state index contributed by atoms with van der Waals surface area (Å²) in [5.41, 5.74) is 0. The molecule has 0 aliphatic rings. The third kappa shape index (κ3) is 27.6. The van der Waals surface area contributed by atoms with Gasteiger partial charge in [-0.05, 0) is 12.3 Å². The number of ether oxygens (including phenoxy) is 5. The Labute approximate surface area is 166 Å². The Morgan fingerprint density at radius 1 is 0.704 bits per heavy atom. The molecule has 7 nitrogen and oxygen atoms in total. The molecule has 0 aromatic heterocycles. The third-order valence-corrected chi connectivity index (χ3v) is 3.00. The quantitative estimate of drug-likeness (QED) is 0.340. The van der Waals surface area contributed by atoms with Gasteiger partial charge in [0.05, 0.1) is 59.5 Å². The molecule has 1 N–H and O–H groups in total. The Balaban J connectivity index is 0. The smallest absolute Gasteiger partial charge is 0.220 e. The van der Waals surface area contributed by atoms with Crippen LogP contribution in [0.25, 0.3) is 0 Å². The van der Waals surface area contributed by atoms with Crippen molar-refractivity contribution in [3.05, 3.63) is 0 Å². The fourth-order valence-corrected chi connectivity index (χ4v) is 1.83. The summed E-state index contributed by atoms with van der Waals surface area (Å²) in [7, 11) is 0.